The maximum atomic E-state index is 11.5. The number of nitrogens with two attached hydrogens (primary N) is 1. The molecule has 2 heterocycles. The van der Waals surface area contributed by atoms with Gasteiger partial charge in [-0.15, -0.1) is 0 Å². The third-order valence-electron chi connectivity index (χ3n) is 2.10. The second-order valence-corrected chi connectivity index (χ2v) is 3.65. The van der Waals surface area contributed by atoms with Crippen LogP contribution in [0.15, 0.2) is 22.9 Å². The molecule has 2 rings (SSSR count). The van der Waals surface area contributed by atoms with E-state index in [0.29, 0.717) is 18.1 Å². The van der Waals surface area contributed by atoms with Crippen LogP contribution in [0.4, 0.5) is 5.82 Å². The summed E-state index contributed by atoms with van der Waals surface area (Å²) in [6.45, 7) is 2.27. The SMILES string of the molecule is Cc1cc(CNC(=O)Cn2ccc(N)n2)on1. The van der Waals surface area contributed by atoms with E-state index in [1.165, 1.54) is 4.68 Å². The van der Waals surface area contributed by atoms with Crippen molar-refractivity contribution in [3.63, 3.8) is 0 Å². The number of nitrogens with zero attached hydrogens (tertiary/aromatic N) is 3. The van der Waals surface area contributed by atoms with E-state index in [1.807, 2.05) is 6.92 Å². The van der Waals surface area contributed by atoms with Crippen LogP contribution in [0.5, 0.6) is 0 Å². The van der Waals surface area contributed by atoms with Crippen molar-refractivity contribution >= 4 is 11.7 Å². The van der Waals surface area contributed by atoms with E-state index in [0.717, 1.165) is 5.69 Å². The second-order valence-electron chi connectivity index (χ2n) is 3.65. The molecule has 0 bridgehead atoms. The summed E-state index contributed by atoms with van der Waals surface area (Å²) in [6, 6.07) is 3.40. The maximum Gasteiger partial charge on any atom is 0.242 e. The normalized spacial score (nSPS) is 10.4. The van der Waals surface area contributed by atoms with E-state index in [1.54, 1.807) is 18.3 Å². The predicted molar refractivity (Wildman–Crippen MR) is 59.7 cm³/mol. The lowest BCUT2D eigenvalue weighted by Crippen LogP contribution is -2.27. The highest BCUT2D eigenvalue weighted by Gasteiger charge is 2.06. The predicted octanol–water partition coefficient (Wildman–Crippen LogP) is 0.0781. The zero-order chi connectivity index (χ0) is 12.3. The fourth-order valence-electron chi connectivity index (χ4n) is 1.35. The minimum Gasteiger partial charge on any atom is -0.382 e. The molecule has 2 aromatic heterocycles. The van der Waals surface area contributed by atoms with Gasteiger partial charge in [0.25, 0.3) is 0 Å². The maximum absolute atomic E-state index is 11.5. The summed E-state index contributed by atoms with van der Waals surface area (Å²) in [4.78, 5) is 11.5. The van der Waals surface area contributed by atoms with E-state index in [2.05, 4.69) is 15.6 Å². The number of carbonyl (C=O) groups is 1. The number of carbonyl (C=O) groups excluding carboxylic acids is 1. The van der Waals surface area contributed by atoms with Crippen LogP contribution in [0.25, 0.3) is 0 Å². The van der Waals surface area contributed by atoms with Crippen molar-refractivity contribution in [1.29, 1.82) is 0 Å². The van der Waals surface area contributed by atoms with Gasteiger partial charge >= 0.3 is 0 Å². The Balaban J connectivity index is 1.82. The Hall–Kier alpha value is -2.31. The number of anilines is 1. The van der Waals surface area contributed by atoms with Gasteiger partial charge in [-0.3, -0.25) is 9.48 Å². The van der Waals surface area contributed by atoms with Crippen molar-refractivity contribution in [2.24, 2.45) is 0 Å². The summed E-state index contributed by atoms with van der Waals surface area (Å²) < 4.78 is 6.43. The van der Waals surface area contributed by atoms with Gasteiger partial charge in [0.2, 0.25) is 5.91 Å². The molecule has 2 aromatic rings. The number of aryl methyl sites for hydroxylation is 1. The Labute approximate surface area is 97.6 Å². The molecule has 0 saturated carbocycles. The van der Waals surface area contributed by atoms with Gasteiger partial charge in [-0.25, -0.2) is 0 Å². The first-order valence-electron chi connectivity index (χ1n) is 5.11. The third-order valence-corrected chi connectivity index (χ3v) is 2.10. The summed E-state index contributed by atoms with van der Waals surface area (Å²) in [5.74, 6) is 0.849. The lowest BCUT2D eigenvalue weighted by Gasteiger charge is -2.02. The Morgan fingerprint density at radius 3 is 3.06 bits per heavy atom. The van der Waals surface area contributed by atoms with Crippen molar-refractivity contribution in [1.82, 2.24) is 20.3 Å². The van der Waals surface area contributed by atoms with E-state index in [4.69, 9.17) is 10.3 Å². The Bertz CT molecular complexity index is 516. The molecule has 1 amide bonds. The average Bonchev–Trinajstić information content (AvgIpc) is 2.85. The van der Waals surface area contributed by atoms with Crippen LogP contribution in [0.3, 0.4) is 0 Å². The van der Waals surface area contributed by atoms with Crippen LogP contribution in [-0.2, 0) is 17.9 Å². The standard InChI is InChI=1S/C10H13N5O2/c1-7-4-8(17-14-7)5-12-10(16)6-15-3-2-9(11)13-15/h2-4H,5-6H2,1H3,(H2,11,13)(H,12,16). The van der Waals surface area contributed by atoms with E-state index < -0.39 is 0 Å². The fraction of sp³-hybridized carbons (Fsp3) is 0.300. The minimum absolute atomic E-state index is 0.129. The molecule has 17 heavy (non-hydrogen) atoms. The summed E-state index contributed by atoms with van der Waals surface area (Å²) >= 11 is 0. The van der Waals surface area contributed by atoms with Crippen molar-refractivity contribution in [3.8, 4) is 0 Å². The topological polar surface area (TPSA) is 99.0 Å². The molecule has 0 aliphatic carbocycles. The quantitative estimate of drug-likeness (QED) is 0.781. The number of rotatable bonds is 4. The number of nitrogens with one attached hydrogen (secondary N) is 1. The van der Waals surface area contributed by atoms with Gasteiger partial charge in [-0.1, -0.05) is 5.16 Å². The Morgan fingerprint density at radius 2 is 2.47 bits per heavy atom. The van der Waals surface area contributed by atoms with E-state index in [9.17, 15) is 4.79 Å². The van der Waals surface area contributed by atoms with Gasteiger partial charge in [0.05, 0.1) is 12.2 Å². The van der Waals surface area contributed by atoms with Crippen LogP contribution >= 0.6 is 0 Å². The van der Waals surface area contributed by atoms with Crippen molar-refractivity contribution < 1.29 is 9.32 Å². The summed E-state index contributed by atoms with van der Waals surface area (Å²) in [5.41, 5.74) is 6.22. The lowest BCUT2D eigenvalue weighted by molar-refractivity contribution is -0.122. The first-order valence-corrected chi connectivity index (χ1v) is 5.11. The van der Waals surface area contributed by atoms with Crippen molar-refractivity contribution in [2.75, 3.05) is 5.73 Å². The number of aromatic nitrogens is 3. The first kappa shape index (κ1) is 11.2. The minimum atomic E-state index is -0.165. The molecule has 3 N–H and O–H groups in total. The fourth-order valence-corrected chi connectivity index (χ4v) is 1.35. The van der Waals surface area contributed by atoms with Gasteiger partial charge in [-0.05, 0) is 13.0 Å². The zero-order valence-corrected chi connectivity index (χ0v) is 9.38. The van der Waals surface area contributed by atoms with Gasteiger partial charge in [0.15, 0.2) is 5.76 Å². The van der Waals surface area contributed by atoms with Crippen molar-refractivity contribution in [2.45, 2.75) is 20.0 Å². The van der Waals surface area contributed by atoms with E-state index in [-0.39, 0.29) is 12.5 Å². The van der Waals surface area contributed by atoms with Crippen LogP contribution in [0, 0.1) is 6.92 Å². The number of amides is 1. The van der Waals surface area contributed by atoms with Gasteiger partial charge in [0.1, 0.15) is 12.4 Å². The molecule has 7 heteroatoms. The zero-order valence-electron chi connectivity index (χ0n) is 9.38. The van der Waals surface area contributed by atoms with E-state index >= 15 is 0 Å². The highest BCUT2D eigenvalue weighted by molar-refractivity contribution is 5.75. The molecule has 0 spiro atoms. The Kier molecular flexibility index (Phi) is 3.08. The van der Waals surface area contributed by atoms with Gasteiger partial charge in [-0.2, -0.15) is 5.10 Å². The van der Waals surface area contributed by atoms with Gasteiger partial charge < -0.3 is 15.6 Å². The van der Waals surface area contributed by atoms with Crippen LogP contribution < -0.4 is 11.1 Å². The Morgan fingerprint density at radius 1 is 1.65 bits per heavy atom. The molecular formula is C10H13N5O2. The lowest BCUT2D eigenvalue weighted by atomic mass is 10.4. The van der Waals surface area contributed by atoms with Gasteiger partial charge in [0, 0.05) is 12.3 Å². The van der Waals surface area contributed by atoms with Crippen LogP contribution in [-0.4, -0.2) is 20.8 Å². The molecule has 90 valence electrons. The van der Waals surface area contributed by atoms with Crippen LogP contribution in [0.1, 0.15) is 11.5 Å². The molecule has 0 fully saturated rings. The number of hydrogen-bond acceptors (Lipinski definition) is 5. The largest absolute Gasteiger partial charge is 0.382 e. The molecule has 0 aliphatic rings. The molecule has 0 aliphatic heterocycles. The second kappa shape index (κ2) is 4.69. The molecule has 0 unspecified atom stereocenters. The number of nitrogen functional groups attached to an aromatic ring is 1. The highest BCUT2D eigenvalue weighted by atomic mass is 16.5. The summed E-state index contributed by atoms with van der Waals surface area (Å²) in [7, 11) is 0. The third kappa shape index (κ3) is 3.07. The molecule has 0 radical (unpaired) electrons. The average molecular weight is 235 g/mol. The monoisotopic (exact) mass is 235 g/mol. The molecular weight excluding hydrogens is 222 g/mol. The molecule has 0 aromatic carbocycles. The number of hydrogen-bond donors (Lipinski definition) is 2. The summed E-state index contributed by atoms with van der Waals surface area (Å²) in [6.07, 6.45) is 1.65. The molecule has 7 nitrogen and oxygen atoms in total. The van der Waals surface area contributed by atoms with Crippen molar-refractivity contribution in [3.05, 3.63) is 29.8 Å². The summed E-state index contributed by atoms with van der Waals surface area (Å²) in [5, 5.41) is 10.3. The molecule has 0 atom stereocenters. The molecule has 0 saturated heterocycles. The highest BCUT2D eigenvalue weighted by Crippen LogP contribution is 2.01. The first-order chi connectivity index (χ1) is 8.13. The smallest absolute Gasteiger partial charge is 0.242 e. The van der Waals surface area contributed by atoms with Crippen LogP contribution in [0.2, 0.25) is 0 Å².